The summed E-state index contributed by atoms with van der Waals surface area (Å²) in [6.45, 7) is 0. The van der Waals surface area contributed by atoms with Crippen molar-refractivity contribution in [2.24, 2.45) is 0 Å². The topological polar surface area (TPSA) is 139 Å². The highest BCUT2D eigenvalue weighted by Gasteiger charge is 2.48. The second-order valence-corrected chi connectivity index (χ2v) is 4.77. The monoisotopic (exact) mass is 265 g/mol. The first kappa shape index (κ1) is 10.9. The first-order chi connectivity index (χ1) is 9.06. The Balaban J connectivity index is 2.06. The molecule has 0 amide bonds. The summed E-state index contributed by atoms with van der Waals surface area (Å²) in [5, 5.41) is 19.9. The van der Waals surface area contributed by atoms with Gasteiger partial charge in [-0.15, -0.1) is 0 Å². The number of aromatic nitrogens is 4. The Morgan fingerprint density at radius 2 is 2.21 bits per heavy atom. The molecule has 9 nitrogen and oxygen atoms in total. The molecule has 100 valence electrons. The van der Waals surface area contributed by atoms with E-state index in [4.69, 9.17) is 10.5 Å². The zero-order valence-corrected chi connectivity index (χ0v) is 9.65. The van der Waals surface area contributed by atoms with Crippen LogP contribution in [0.4, 0.5) is 5.95 Å². The zero-order chi connectivity index (χ0) is 13.3. The average Bonchev–Trinajstić information content (AvgIpc) is 2.87. The van der Waals surface area contributed by atoms with Crippen LogP contribution in [0.5, 0.6) is 0 Å². The molecule has 0 aliphatic carbocycles. The lowest BCUT2D eigenvalue weighted by Gasteiger charge is -2.27. The molecular weight excluding hydrogens is 254 g/mol. The number of hydrogen-bond acceptors (Lipinski definition) is 7. The van der Waals surface area contributed by atoms with E-state index in [9.17, 15) is 15.0 Å². The van der Waals surface area contributed by atoms with Gasteiger partial charge < -0.3 is 20.7 Å². The van der Waals surface area contributed by atoms with Crippen molar-refractivity contribution >= 4 is 17.1 Å². The van der Waals surface area contributed by atoms with E-state index in [1.165, 1.54) is 4.57 Å². The fraction of sp³-hybridized carbons (Fsp3) is 0.500. The molecule has 0 saturated carbocycles. The van der Waals surface area contributed by atoms with Crippen LogP contribution in [0.25, 0.3) is 11.2 Å². The van der Waals surface area contributed by atoms with E-state index in [0.717, 1.165) is 0 Å². The molecule has 2 aliphatic rings. The van der Waals surface area contributed by atoms with Crippen LogP contribution in [0.1, 0.15) is 24.6 Å². The van der Waals surface area contributed by atoms with Gasteiger partial charge >= 0.3 is 0 Å². The highest BCUT2D eigenvalue weighted by molar-refractivity contribution is 5.72. The van der Waals surface area contributed by atoms with Gasteiger partial charge in [-0.1, -0.05) is 0 Å². The van der Waals surface area contributed by atoms with Crippen LogP contribution in [0.2, 0.25) is 0 Å². The number of fused-ring (bicyclic) bond motifs is 6. The predicted molar refractivity (Wildman–Crippen MR) is 62.1 cm³/mol. The van der Waals surface area contributed by atoms with Gasteiger partial charge in [0.05, 0.1) is 6.10 Å². The van der Waals surface area contributed by atoms with Crippen LogP contribution in [0.3, 0.4) is 0 Å². The van der Waals surface area contributed by atoms with Crippen molar-refractivity contribution < 1.29 is 14.9 Å². The average molecular weight is 265 g/mol. The van der Waals surface area contributed by atoms with E-state index in [2.05, 4.69) is 15.0 Å². The second kappa shape index (κ2) is 3.32. The molecule has 0 spiro atoms. The molecule has 2 aliphatic heterocycles. The van der Waals surface area contributed by atoms with E-state index in [-0.39, 0.29) is 22.9 Å². The quantitative estimate of drug-likeness (QED) is 0.449. The van der Waals surface area contributed by atoms with Crippen molar-refractivity contribution in [3.8, 4) is 0 Å². The molecule has 1 fully saturated rings. The van der Waals surface area contributed by atoms with Gasteiger partial charge in [0.2, 0.25) is 5.95 Å². The zero-order valence-electron chi connectivity index (χ0n) is 9.65. The lowest BCUT2D eigenvalue weighted by atomic mass is 10.1. The predicted octanol–water partition coefficient (Wildman–Crippen LogP) is -1.60. The maximum absolute atomic E-state index is 11.8. The Morgan fingerprint density at radius 3 is 3.00 bits per heavy atom. The van der Waals surface area contributed by atoms with Crippen LogP contribution >= 0.6 is 0 Å². The molecule has 0 unspecified atom stereocenters. The molecular formula is C10H11N5O4. The number of nitrogen functional groups attached to an aromatic ring is 1. The molecule has 1 saturated heterocycles. The standard InChI is InChI=1S/C10H11N5O4/c11-10-13-7-4(9(18)14-10)12-8-5(17)6-2(16)1-3(19-6)15(7)8/h2-3,5-6,16-17H,1H2,(H3,11,13,14,18)/t2-,3+,5+,6-/m0/s1. The number of hydrogen-bond donors (Lipinski definition) is 4. The summed E-state index contributed by atoms with van der Waals surface area (Å²) in [6, 6.07) is 0. The summed E-state index contributed by atoms with van der Waals surface area (Å²) in [7, 11) is 0. The van der Waals surface area contributed by atoms with E-state index in [0.29, 0.717) is 6.42 Å². The number of nitrogens with zero attached hydrogens (tertiary/aromatic N) is 3. The van der Waals surface area contributed by atoms with Gasteiger partial charge in [0.1, 0.15) is 24.3 Å². The second-order valence-electron chi connectivity index (χ2n) is 4.77. The van der Waals surface area contributed by atoms with E-state index in [1.807, 2.05) is 0 Å². The number of nitrogens with two attached hydrogens (primary N) is 1. The Morgan fingerprint density at radius 1 is 1.42 bits per heavy atom. The number of nitrogens with one attached hydrogen (secondary N) is 1. The largest absolute Gasteiger partial charge is 0.390 e. The summed E-state index contributed by atoms with van der Waals surface area (Å²) in [5.41, 5.74) is 5.41. The number of rotatable bonds is 0. The lowest BCUT2D eigenvalue weighted by molar-refractivity contribution is -0.110. The first-order valence-corrected chi connectivity index (χ1v) is 5.85. The minimum Gasteiger partial charge on any atom is -0.390 e. The summed E-state index contributed by atoms with van der Waals surface area (Å²) in [6.07, 6.45) is -2.75. The number of anilines is 1. The highest BCUT2D eigenvalue weighted by Crippen LogP contribution is 2.42. The molecule has 4 atom stereocenters. The van der Waals surface area contributed by atoms with Gasteiger partial charge in [0.25, 0.3) is 5.56 Å². The Kier molecular flexibility index (Phi) is 1.91. The number of imidazole rings is 1. The normalized spacial score (nSPS) is 32.7. The summed E-state index contributed by atoms with van der Waals surface area (Å²) in [4.78, 5) is 22.3. The minimum atomic E-state index is -1.09. The van der Waals surface area contributed by atoms with Gasteiger partial charge in [0, 0.05) is 6.42 Å². The van der Waals surface area contributed by atoms with Crippen molar-refractivity contribution in [3.63, 3.8) is 0 Å². The molecule has 4 rings (SSSR count). The Bertz CT molecular complexity index is 737. The van der Waals surface area contributed by atoms with Crippen molar-refractivity contribution in [3.05, 3.63) is 16.2 Å². The number of aromatic amines is 1. The van der Waals surface area contributed by atoms with Gasteiger partial charge in [-0.05, 0) is 0 Å². The summed E-state index contributed by atoms with van der Waals surface area (Å²) >= 11 is 0. The van der Waals surface area contributed by atoms with Crippen molar-refractivity contribution in [2.75, 3.05) is 5.73 Å². The van der Waals surface area contributed by atoms with Crippen molar-refractivity contribution in [1.29, 1.82) is 0 Å². The van der Waals surface area contributed by atoms with E-state index in [1.54, 1.807) is 0 Å². The van der Waals surface area contributed by atoms with Crippen molar-refractivity contribution in [2.45, 2.75) is 31.0 Å². The Hall–Kier alpha value is -1.97. The smallest absolute Gasteiger partial charge is 0.280 e. The molecule has 2 aromatic rings. The Labute approximate surface area is 105 Å². The SMILES string of the molecule is Nc1nc2c(nc3n2[C@H]2C[C@H](O)[C@H](O2)[C@H]3O)c(=O)[nH]1. The van der Waals surface area contributed by atoms with E-state index < -0.39 is 30.1 Å². The molecule has 4 heterocycles. The first-order valence-electron chi connectivity index (χ1n) is 5.85. The lowest BCUT2D eigenvalue weighted by Crippen LogP contribution is -2.33. The van der Waals surface area contributed by atoms with Crippen LogP contribution in [0.15, 0.2) is 4.79 Å². The number of H-pyrrole nitrogens is 1. The van der Waals surface area contributed by atoms with Gasteiger partial charge in [-0.25, -0.2) is 4.98 Å². The number of aliphatic hydroxyl groups excluding tert-OH is 2. The molecule has 2 aromatic heterocycles. The van der Waals surface area contributed by atoms with Gasteiger partial charge in [-0.3, -0.25) is 14.3 Å². The summed E-state index contributed by atoms with van der Waals surface area (Å²) < 4.78 is 7.05. The molecule has 9 heteroatoms. The number of ether oxygens (including phenoxy) is 1. The number of aliphatic hydroxyl groups is 2. The molecule has 0 aromatic carbocycles. The van der Waals surface area contributed by atoms with Crippen molar-refractivity contribution in [1.82, 2.24) is 19.5 Å². The third-order valence-corrected chi connectivity index (χ3v) is 3.60. The fourth-order valence-corrected chi connectivity index (χ4v) is 2.78. The molecule has 0 radical (unpaired) electrons. The van der Waals surface area contributed by atoms with Crippen LogP contribution < -0.4 is 11.3 Å². The molecule has 2 bridgehead atoms. The minimum absolute atomic E-state index is 0.0321. The summed E-state index contributed by atoms with van der Waals surface area (Å²) in [5.74, 6) is 0.242. The highest BCUT2D eigenvalue weighted by atomic mass is 16.5. The molecule has 19 heavy (non-hydrogen) atoms. The third kappa shape index (κ3) is 1.26. The maximum Gasteiger partial charge on any atom is 0.280 e. The van der Waals surface area contributed by atoms with Gasteiger partial charge in [-0.2, -0.15) is 4.98 Å². The van der Waals surface area contributed by atoms with Crippen LogP contribution in [0, 0.1) is 0 Å². The molecule has 5 N–H and O–H groups in total. The van der Waals surface area contributed by atoms with E-state index >= 15 is 0 Å². The third-order valence-electron chi connectivity index (χ3n) is 3.60. The van der Waals surface area contributed by atoms with Crippen LogP contribution in [-0.2, 0) is 4.74 Å². The van der Waals surface area contributed by atoms with Gasteiger partial charge in [0.15, 0.2) is 11.2 Å². The maximum atomic E-state index is 11.8. The fourth-order valence-electron chi connectivity index (χ4n) is 2.78. The van der Waals surface area contributed by atoms with Crippen LogP contribution in [-0.4, -0.2) is 41.9 Å².